The van der Waals surface area contributed by atoms with Gasteiger partial charge in [0.25, 0.3) is 0 Å². The van der Waals surface area contributed by atoms with Crippen LogP contribution in [0.25, 0.3) is 0 Å². The summed E-state index contributed by atoms with van der Waals surface area (Å²) in [6.45, 7) is 7.22. The topological polar surface area (TPSA) is 60.9 Å². The molecule has 17 heavy (non-hydrogen) atoms. The molecule has 0 amide bonds. The van der Waals surface area contributed by atoms with E-state index >= 15 is 0 Å². The standard InChI is InChI=1S/C13H21N3O/c1-4-8-14-12-11(10-15-16-12)5-6-13(2,3)7-9-17/h10,17H,4,7-9H2,1-3H3,(H2,14,15,16). The quantitative estimate of drug-likeness (QED) is 0.684. The molecule has 0 saturated carbocycles. The minimum atomic E-state index is -0.173. The second kappa shape index (κ2) is 6.31. The van der Waals surface area contributed by atoms with Crippen molar-refractivity contribution in [3.8, 4) is 11.8 Å². The fourth-order valence-corrected chi connectivity index (χ4v) is 1.34. The lowest BCUT2D eigenvalue weighted by atomic mass is 9.90. The molecule has 0 aliphatic carbocycles. The van der Waals surface area contributed by atoms with Crippen molar-refractivity contribution in [3.63, 3.8) is 0 Å². The summed E-state index contributed by atoms with van der Waals surface area (Å²) in [5, 5.41) is 19.1. The average molecular weight is 235 g/mol. The molecule has 1 aromatic heterocycles. The van der Waals surface area contributed by atoms with Gasteiger partial charge < -0.3 is 10.4 Å². The third-order valence-electron chi connectivity index (χ3n) is 2.46. The van der Waals surface area contributed by atoms with Crippen molar-refractivity contribution in [2.24, 2.45) is 5.41 Å². The van der Waals surface area contributed by atoms with Crippen LogP contribution in [0.3, 0.4) is 0 Å². The van der Waals surface area contributed by atoms with Gasteiger partial charge in [0, 0.05) is 18.6 Å². The van der Waals surface area contributed by atoms with Gasteiger partial charge in [0.2, 0.25) is 0 Å². The molecule has 0 atom stereocenters. The Morgan fingerprint density at radius 1 is 1.53 bits per heavy atom. The van der Waals surface area contributed by atoms with E-state index in [1.807, 2.05) is 13.8 Å². The molecule has 0 fully saturated rings. The highest BCUT2D eigenvalue weighted by molar-refractivity contribution is 5.52. The van der Waals surface area contributed by atoms with Gasteiger partial charge in [0.15, 0.2) is 0 Å². The normalized spacial score (nSPS) is 10.8. The van der Waals surface area contributed by atoms with Gasteiger partial charge >= 0.3 is 0 Å². The number of aromatic nitrogens is 2. The molecule has 1 heterocycles. The lowest BCUT2D eigenvalue weighted by Crippen LogP contribution is -2.10. The molecule has 0 saturated heterocycles. The van der Waals surface area contributed by atoms with Gasteiger partial charge in [-0.1, -0.05) is 18.8 Å². The summed E-state index contributed by atoms with van der Waals surface area (Å²) in [6, 6.07) is 0. The summed E-state index contributed by atoms with van der Waals surface area (Å²) in [4.78, 5) is 0. The highest BCUT2D eigenvalue weighted by Gasteiger charge is 2.13. The zero-order chi connectivity index (χ0) is 12.7. The first-order valence-corrected chi connectivity index (χ1v) is 6.00. The zero-order valence-corrected chi connectivity index (χ0v) is 10.8. The molecule has 1 rings (SSSR count). The molecule has 1 aromatic rings. The minimum absolute atomic E-state index is 0.161. The lowest BCUT2D eigenvalue weighted by molar-refractivity contribution is 0.245. The van der Waals surface area contributed by atoms with Gasteiger partial charge in [-0.25, -0.2) is 0 Å². The molecule has 0 aromatic carbocycles. The monoisotopic (exact) mass is 235 g/mol. The largest absolute Gasteiger partial charge is 0.396 e. The van der Waals surface area contributed by atoms with Gasteiger partial charge in [-0.05, 0) is 26.7 Å². The summed E-state index contributed by atoms with van der Waals surface area (Å²) in [6.07, 6.45) is 3.46. The van der Waals surface area contributed by atoms with E-state index in [0.717, 1.165) is 24.3 Å². The first kappa shape index (κ1) is 13.6. The molecule has 3 N–H and O–H groups in total. The number of anilines is 1. The summed E-state index contributed by atoms with van der Waals surface area (Å²) < 4.78 is 0. The third-order valence-corrected chi connectivity index (χ3v) is 2.46. The number of nitrogens with one attached hydrogen (secondary N) is 2. The summed E-state index contributed by atoms with van der Waals surface area (Å²) in [5.74, 6) is 7.15. The van der Waals surface area contributed by atoms with Crippen molar-refractivity contribution < 1.29 is 5.11 Å². The van der Waals surface area contributed by atoms with Gasteiger partial charge in [-0.15, -0.1) is 0 Å². The second-order valence-electron chi connectivity index (χ2n) is 4.69. The Kier molecular flexibility index (Phi) is 5.05. The van der Waals surface area contributed by atoms with Crippen molar-refractivity contribution in [1.82, 2.24) is 10.2 Å². The van der Waals surface area contributed by atoms with Crippen LogP contribution in [0.4, 0.5) is 5.82 Å². The number of aliphatic hydroxyl groups is 1. The van der Waals surface area contributed by atoms with E-state index in [1.54, 1.807) is 6.20 Å². The lowest BCUT2D eigenvalue weighted by Gasteiger charge is -2.14. The molecule has 0 aliphatic heterocycles. The van der Waals surface area contributed by atoms with E-state index in [2.05, 4.69) is 34.3 Å². The number of aliphatic hydroxyl groups excluding tert-OH is 1. The Balaban J connectivity index is 2.74. The van der Waals surface area contributed by atoms with Crippen LogP contribution in [-0.4, -0.2) is 28.5 Å². The highest BCUT2D eigenvalue weighted by atomic mass is 16.3. The third kappa shape index (κ3) is 4.49. The van der Waals surface area contributed by atoms with Crippen LogP contribution in [0.5, 0.6) is 0 Å². The zero-order valence-electron chi connectivity index (χ0n) is 10.8. The predicted octanol–water partition coefficient (Wildman–Crippen LogP) is 1.99. The first-order valence-electron chi connectivity index (χ1n) is 6.00. The summed E-state index contributed by atoms with van der Waals surface area (Å²) in [7, 11) is 0. The van der Waals surface area contributed by atoms with Crippen molar-refractivity contribution in [2.75, 3.05) is 18.5 Å². The molecule has 94 valence electrons. The smallest absolute Gasteiger partial charge is 0.137 e. The molecule has 0 bridgehead atoms. The number of nitrogens with zero attached hydrogens (tertiary/aromatic N) is 1. The molecular formula is C13H21N3O. The number of H-pyrrole nitrogens is 1. The second-order valence-corrected chi connectivity index (χ2v) is 4.69. The number of hydrogen-bond donors (Lipinski definition) is 3. The van der Waals surface area contributed by atoms with Crippen LogP contribution in [0.1, 0.15) is 39.2 Å². The molecule has 0 spiro atoms. The van der Waals surface area contributed by atoms with Crippen LogP contribution in [-0.2, 0) is 0 Å². The van der Waals surface area contributed by atoms with Crippen LogP contribution in [0.2, 0.25) is 0 Å². The number of hydrogen-bond acceptors (Lipinski definition) is 3. The molecule has 0 unspecified atom stereocenters. The molecular weight excluding hydrogens is 214 g/mol. The fraction of sp³-hybridized carbons (Fsp3) is 0.615. The van der Waals surface area contributed by atoms with Crippen molar-refractivity contribution in [2.45, 2.75) is 33.6 Å². The van der Waals surface area contributed by atoms with E-state index in [9.17, 15) is 0 Å². The van der Waals surface area contributed by atoms with Crippen LogP contribution >= 0.6 is 0 Å². The molecule has 0 aliphatic rings. The first-order chi connectivity index (χ1) is 8.09. The van der Waals surface area contributed by atoms with E-state index in [0.29, 0.717) is 6.42 Å². The maximum Gasteiger partial charge on any atom is 0.137 e. The van der Waals surface area contributed by atoms with Crippen molar-refractivity contribution >= 4 is 5.82 Å². The minimum Gasteiger partial charge on any atom is -0.396 e. The van der Waals surface area contributed by atoms with Gasteiger partial charge in [-0.2, -0.15) is 5.10 Å². The predicted molar refractivity (Wildman–Crippen MR) is 69.7 cm³/mol. The Hall–Kier alpha value is -1.47. The van der Waals surface area contributed by atoms with E-state index in [4.69, 9.17) is 5.11 Å². The Bertz CT molecular complexity index is 398. The average Bonchev–Trinajstić information content (AvgIpc) is 2.71. The Morgan fingerprint density at radius 3 is 2.94 bits per heavy atom. The highest BCUT2D eigenvalue weighted by Crippen LogP contribution is 2.19. The Labute approximate surface area is 103 Å². The number of rotatable bonds is 5. The van der Waals surface area contributed by atoms with E-state index < -0.39 is 0 Å². The summed E-state index contributed by atoms with van der Waals surface area (Å²) in [5.41, 5.74) is 0.707. The summed E-state index contributed by atoms with van der Waals surface area (Å²) >= 11 is 0. The SMILES string of the molecule is CCCNc1[nH]ncc1C#CC(C)(C)CCO. The van der Waals surface area contributed by atoms with Gasteiger partial charge in [0.05, 0.1) is 11.8 Å². The Morgan fingerprint density at radius 2 is 2.29 bits per heavy atom. The molecule has 4 heteroatoms. The van der Waals surface area contributed by atoms with Gasteiger partial charge in [0.1, 0.15) is 5.82 Å². The maximum atomic E-state index is 8.93. The fourth-order valence-electron chi connectivity index (χ4n) is 1.34. The van der Waals surface area contributed by atoms with E-state index in [1.165, 1.54) is 0 Å². The van der Waals surface area contributed by atoms with Crippen LogP contribution < -0.4 is 5.32 Å². The van der Waals surface area contributed by atoms with E-state index in [-0.39, 0.29) is 12.0 Å². The van der Waals surface area contributed by atoms with Crippen molar-refractivity contribution in [1.29, 1.82) is 0 Å². The molecule has 4 nitrogen and oxygen atoms in total. The van der Waals surface area contributed by atoms with Crippen LogP contribution in [0.15, 0.2) is 6.20 Å². The van der Waals surface area contributed by atoms with Crippen molar-refractivity contribution in [3.05, 3.63) is 11.8 Å². The van der Waals surface area contributed by atoms with Crippen LogP contribution in [0, 0.1) is 17.3 Å². The number of aromatic amines is 1. The van der Waals surface area contributed by atoms with Gasteiger partial charge in [-0.3, -0.25) is 5.10 Å². The molecule has 0 radical (unpaired) electrons. The maximum absolute atomic E-state index is 8.93.